The van der Waals surface area contributed by atoms with Gasteiger partial charge in [0.05, 0.1) is 0 Å². The van der Waals surface area contributed by atoms with E-state index in [1.165, 1.54) is 0 Å². The molecule has 9 heavy (non-hydrogen) atoms. The summed E-state index contributed by atoms with van der Waals surface area (Å²) in [4.78, 5) is 0. The zero-order valence-electron chi connectivity index (χ0n) is 4.93. The summed E-state index contributed by atoms with van der Waals surface area (Å²) in [6.07, 6.45) is 1.82. The summed E-state index contributed by atoms with van der Waals surface area (Å²) >= 11 is 1.93. The van der Waals surface area contributed by atoms with Crippen molar-refractivity contribution in [1.82, 2.24) is 9.78 Å². The Morgan fingerprint density at radius 2 is 2.56 bits per heavy atom. The molecule has 1 rings (SSSR count). The smallest absolute Gasteiger partial charge is 0.120 e. The Kier molecular flexibility index (Phi) is 1.84. The van der Waals surface area contributed by atoms with Gasteiger partial charge >= 0.3 is 0 Å². The van der Waals surface area contributed by atoms with Gasteiger partial charge in [-0.2, -0.15) is 5.10 Å². The van der Waals surface area contributed by atoms with E-state index in [1.807, 2.05) is 41.9 Å². The fourth-order valence-electron chi connectivity index (χ4n) is 0.532. The molecule has 0 saturated carbocycles. The van der Waals surface area contributed by atoms with Crippen molar-refractivity contribution >= 4 is 26.3 Å². The largest absolute Gasteiger partial charge is 0.292 e. The van der Waals surface area contributed by atoms with Crippen LogP contribution in [0.5, 0.6) is 0 Å². The van der Waals surface area contributed by atoms with Crippen molar-refractivity contribution in [2.75, 3.05) is 0 Å². The Labute approximate surface area is 66.7 Å². The number of rotatable bonds is 1. The van der Waals surface area contributed by atoms with Gasteiger partial charge in [0, 0.05) is 13.2 Å². The van der Waals surface area contributed by atoms with Crippen LogP contribution in [-0.2, 0) is 7.05 Å². The molecule has 0 amide bonds. The van der Waals surface area contributed by atoms with Crippen LogP contribution in [0.4, 0.5) is 0 Å². The first kappa shape index (κ1) is 6.73. The number of aryl methyl sites for hydroxylation is 1. The lowest BCUT2D eigenvalue weighted by atomic mass is 10.5. The van der Waals surface area contributed by atoms with Crippen molar-refractivity contribution in [2.45, 2.75) is 0 Å². The highest BCUT2D eigenvalue weighted by Crippen LogP contribution is 2.00. The lowest BCUT2D eigenvalue weighted by Crippen LogP contribution is -1.92. The van der Waals surface area contributed by atoms with Gasteiger partial charge in [-0.05, 0) is 28.7 Å². The van der Waals surface area contributed by atoms with Crippen LogP contribution in [-0.4, -0.2) is 13.5 Å². The van der Waals surface area contributed by atoms with Crippen LogP contribution < -0.4 is 0 Å². The molecular weight excluding hydrogens is 229 g/mol. The molecule has 1 aromatic rings. The molecule has 3 nitrogen and oxygen atoms in total. The first-order chi connectivity index (χ1) is 4.20. The van der Waals surface area contributed by atoms with Crippen molar-refractivity contribution < 1.29 is 0 Å². The second kappa shape index (κ2) is 2.47. The van der Waals surface area contributed by atoms with Crippen LogP contribution in [0, 0.1) is 5.41 Å². The van der Waals surface area contributed by atoms with Gasteiger partial charge in [-0.3, -0.25) is 10.1 Å². The molecule has 1 heterocycles. The molecule has 0 atom stereocenters. The van der Waals surface area contributed by atoms with Crippen LogP contribution in [0.1, 0.15) is 5.69 Å². The summed E-state index contributed by atoms with van der Waals surface area (Å²) in [7, 11) is 1.84. The molecule has 0 fully saturated rings. The van der Waals surface area contributed by atoms with E-state index >= 15 is 0 Å². The van der Waals surface area contributed by atoms with Gasteiger partial charge in [-0.1, -0.05) is 0 Å². The average molecular weight is 235 g/mol. The normalized spacial score (nSPS) is 9.56. The molecule has 1 N–H and O–H groups in total. The minimum atomic E-state index is 0.480. The molecule has 1 aromatic heterocycles. The summed E-state index contributed by atoms with van der Waals surface area (Å²) in [5.74, 6) is 0. The topological polar surface area (TPSA) is 41.7 Å². The highest BCUT2D eigenvalue weighted by molar-refractivity contribution is 14.1. The summed E-state index contributed by atoms with van der Waals surface area (Å²) in [5.41, 5.74) is 0.734. The fraction of sp³-hybridized carbons (Fsp3) is 0.200. The number of nitrogens with zero attached hydrogens (tertiary/aromatic N) is 2. The van der Waals surface area contributed by atoms with Gasteiger partial charge in [-0.25, -0.2) is 0 Å². The van der Waals surface area contributed by atoms with Crippen molar-refractivity contribution in [3.8, 4) is 0 Å². The predicted molar refractivity (Wildman–Crippen MR) is 44.1 cm³/mol. The standard InChI is InChI=1S/C5H6IN3/c1-9-3-2-4(8-9)5(6)7/h2-3,7H,1H3. The Hall–Kier alpha value is -0.390. The Bertz CT molecular complexity index is 228. The molecule has 0 aliphatic rings. The zero-order chi connectivity index (χ0) is 6.85. The number of halogens is 1. The maximum atomic E-state index is 7.16. The number of hydrogen-bond acceptors (Lipinski definition) is 2. The van der Waals surface area contributed by atoms with Gasteiger partial charge in [0.2, 0.25) is 0 Å². The Morgan fingerprint density at radius 3 is 2.78 bits per heavy atom. The Balaban J connectivity index is 2.98. The van der Waals surface area contributed by atoms with E-state index in [2.05, 4.69) is 5.10 Å². The molecule has 48 valence electrons. The molecule has 0 aliphatic carbocycles. The van der Waals surface area contributed by atoms with Crippen molar-refractivity contribution in [1.29, 1.82) is 5.41 Å². The Morgan fingerprint density at radius 1 is 1.89 bits per heavy atom. The van der Waals surface area contributed by atoms with E-state index in [9.17, 15) is 0 Å². The first-order valence-corrected chi connectivity index (χ1v) is 3.52. The fourth-order valence-corrected chi connectivity index (χ4v) is 0.820. The quantitative estimate of drug-likeness (QED) is 0.576. The summed E-state index contributed by atoms with van der Waals surface area (Å²) < 4.78 is 2.16. The molecule has 0 spiro atoms. The van der Waals surface area contributed by atoms with Gasteiger partial charge in [0.15, 0.2) is 0 Å². The van der Waals surface area contributed by atoms with E-state index in [0.717, 1.165) is 5.69 Å². The minimum absolute atomic E-state index is 0.480. The monoisotopic (exact) mass is 235 g/mol. The van der Waals surface area contributed by atoms with E-state index in [4.69, 9.17) is 5.41 Å². The van der Waals surface area contributed by atoms with Crippen LogP contribution >= 0.6 is 22.6 Å². The summed E-state index contributed by atoms with van der Waals surface area (Å²) in [6, 6.07) is 1.81. The lowest BCUT2D eigenvalue weighted by Gasteiger charge is -1.85. The van der Waals surface area contributed by atoms with Gasteiger partial charge in [-0.15, -0.1) is 0 Å². The maximum absolute atomic E-state index is 7.16. The molecule has 0 radical (unpaired) electrons. The summed E-state index contributed by atoms with van der Waals surface area (Å²) in [5, 5.41) is 11.2. The molecule has 0 unspecified atom stereocenters. The third-order valence-electron chi connectivity index (χ3n) is 0.938. The van der Waals surface area contributed by atoms with Gasteiger partial charge in [0.1, 0.15) is 9.41 Å². The zero-order valence-corrected chi connectivity index (χ0v) is 7.08. The number of aromatic nitrogens is 2. The van der Waals surface area contributed by atoms with Crippen LogP contribution in [0.3, 0.4) is 0 Å². The third-order valence-corrected chi connectivity index (χ3v) is 1.49. The third kappa shape index (κ3) is 1.51. The van der Waals surface area contributed by atoms with Crippen molar-refractivity contribution in [3.63, 3.8) is 0 Å². The SMILES string of the molecule is Cn1ccc(C(=N)I)n1. The van der Waals surface area contributed by atoms with Crippen LogP contribution in [0.2, 0.25) is 0 Å². The highest BCUT2D eigenvalue weighted by Gasteiger charge is 1.97. The maximum Gasteiger partial charge on any atom is 0.120 e. The molecule has 0 saturated heterocycles. The van der Waals surface area contributed by atoms with Crippen molar-refractivity contribution in [2.24, 2.45) is 7.05 Å². The number of nitrogens with one attached hydrogen (secondary N) is 1. The van der Waals surface area contributed by atoms with Gasteiger partial charge in [0.25, 0.3) is 0 Å². The van der Waals surface area contributed by atoms with E-state index in [-0.39, 0.29) is 0 Å². The van der Waals surface area contributed by atoms with Crippen LogP contribution in [0.15, 0.2) is 12.3 Å². The first-order valence-electron chi connectivity index (χ1n) is 2.44. The van der Waals surface area contributed by atoms with E-state index in [1.54, 1.807) is 4.68 Å². The molecule has 0 bridgehead atoms. The highest BCUT2D eigenvalue weighted by atomic mass is 127. The van der Waals surface area contributed by atoms with E-state index < -0.39 is 0 Å². The second-order valence-electron chi connectivity index (χ2n) is 1.69. The molecule has 0 aromatic carbocycles. The average Bonchev–Trinajstić information content (AvgIpc) is 2.14. The van der Waals surface area contributed by atoms with Crippen molar-refractivity contribution in [3.05, 3.63) is 18.0 Å². The number of hydrogen-bond donors (Lipinski definition) is 1. The molecule has 4 heteroatoms. The molecule has 0 aliphatic heterocycles. The summed E-state index contributed by atoms with van der Waals surface area (Å²) in [6.45, 7) is 0. The molecular formula is C5H6IN3. The second-order valence-corrected chi connectivity index (χ2v) is 2.77. The van der Waals surface area contributed by atoms with Crippen LogP contribution in [0.25, 0.3) is 0 Å². The predicted octanol–water partition coefficient (Wildman–Crippen LogP) is 1.18. The van der Waals surface area contributed by atoms with Gasteiger partial charge < -0.3 is 0 Å². The lowest BCUT2D eigenvalue weighted by molar-refractivity contribution is 0.765. The van der Waals surface area contributed by atoms with E-state index in [0.29, 0.717) is 3.72 Å². The minimum Gasteiger partial charge on any atom is -0.292 e.